The van der Waals surface area contributed by atoms with E-state index in [0.717, 1.165) is 30.2 Å². The van der Waals surface area contributed by atoms with Gasteiger partial charge in [-0.3, -0.25) is 0 Å². The first-order chi connectivity index (χ1) is 9.76. The molecular weight excluding hydrogens is 381 g/mol. The summed E-state index contributed by atoms with van der Waals surface area (Å²) in [5, 5.41) is 0. The molecule has 0 saturated carbocycles. The number of benzene rings is 1. The number of aliphatic imine (C=N–C) groups is 1. The predicted molar refractivity (Wildman–Crippen MR) is 95.7 cm³/mol. The lowest BCUT2D eigenvalue weighted by atomic mass is 10.1. The second-order valence-electron chi connectivity index (χ2n) is 4.87. The molecule has 1 aromatic carbocycles. The van der Waals surface area contributed by atoms with Crippen LogP contribution < -0.4 is 15.2 Å². The maximum absolute atomic E-state index is 6.06. The number of nitrogens with zero attached hydrogens (tertiary/aromatic N) is 2. The standard InChI is InChI=1S/C15H23N3O2.HI/c1-19-13-8-6-7-12(14(13)20-2)11-17-15(16)18-9-4-3-5-10-18;/h6-8H,3-5,9-11H2,1-2H3,(H2,16,17);1H. The number of para-hydroxylation sites is 1. The Bertz CT molecular complexity index is 474. The summed E-state index contributed by atoms with van der Waals surface area (Å²) in [6, 6.07) is 5.79. The summed E-state index contributed by atoms with van der Waals surface area (Å²) >= 11 is 0. The fraction of sp³-hybridized carbons (Fsp3) is 0.533. The molecule has 1 fully saturated rings. The van der Waals surface area contributed by atoms with Gasteiger partial charge in [-0.25, -0.2) is 4.99 Å². The van der Waals surface area contributed by atoms with Gasteiger partial charge >= 0.3 is 0 Å². The van der Waals surface area contributed by atoms with Crippen LogP contribution in [-0.2, 0) is 6.54 Å². The lowest BCUT2D eigenvalue weighted by Gasteiger charge is -2.27. The van der Waals surface area contributed by atoms with Gasteiger partial charge in [0, 0.05) is 18.7 Å². The molecule has 0 aliphatic carbocycles. The number of rotatable bonds is 4. The molecule has 118 valence electrons. The van der Waals surface area contributed by atoms with Crippen LogP contribution in [0.5, 0.6) is 11.5 Å². The van der Waals surface area contributed by atoms with Gasteiger partial charge in [0.1, 0.15) is 0 Å². The summed E-state index contributed by atoms with van der Waals surface area (Å²) in [5.41, 5.74) is 7.04. The van der Waals surface area contributed by atoms with E-state index in [1.54, 1.807) is 14.2 Å². The molecule has 21 heavy (non-hydrogen) atoms. The Balaban J connectivity index is 0.00000220. The highest BCUT2D eigenvalue weighted by Gasteiger charge is 2.13. The summed E-state index contributed by atoms with van der Waals surface area (Å²) in [5.74, 6) is 2.07. The maximum atomic E-state index is 6.06. The van der Waals surface area contributed by atoms with Gasteiger partial charge in [-0.05, 0) is 25.3 Å². The summed E-state index contributed by atoms with van der Waals surface area (Å²) in [4.78, 5) is 6.64. The number of hydrogen-bond acceptors (Lipinski definition) is 3. The number of nitrogens with two attached hydrogens (primary N) is 1. The van der Waals surface area contributed by atoms with Gasteiger partial charge in [0.25, 0.3) is 0 Å². The third-order valence-corrected chi connectivity index (χ3v) is 3.58. The number of likely N-dealkylation sites (tertiary alicyclic amines) is 1. The molecule has 1 aliphatic rings. The largest absolute Gasteiger partial charge is 0.493 e. The molecule has 1 aliphatic heterocycles. The normalized spacial score (nSPS) is 15.3. The lowest BCUT2D eigenvalue weighted by molar-refractivity contribution is 0.337. The third kappa shape index (κ3) is 4.66. The number of methoxy groups -OCH3 is 2. The highest BCUT2D eigenvalue weighted by Crippen LogP contribution is 2.31. The monoisotopic (exact) mass is 405 g/mol. The Morgan fingerprint density at radius 2 is 1.90 bits per heavy atom. The van der Waals surface area contributed by atoms with Crippen molar-refractivity contribution in [3.63, 3.8) is 0 Å². The first-order valence-corrected chi connectivity index (χ1v) is 7.01. The van der Waals surface area contributed by atoms with Crippen molar-refractivity contribution in [3.05, 3.63) is 23.8 Å². The molecule has 5 nitrogen and oxygen atoms in total. The molecule has 0 aromatic heterocycles. The minimum atomic E-state index is 0. The minimum absolute atomic E-state index is 0. The van der Waals surface area contributed by atoms with Crippen LogP contribution in [0.25, 0.3) is 0 Å². The van der Waals surface area contributed by atoms with Crippen LogP contribution in [0, 0.1) is 0 Å². The van der Waals surface area contributed by atoms with Crippen LogP contribution in [0.3, 0.4) is 0 Å². The molecule has 2 rings (SSSR count). The molecule has 0 atom stereocenters. The SMILES string of the molecule is COc1cccc(CN=C(N)N2CCCCC2)c1OC.I. The number of piperidine rings is 1. The van der Waals surface area contributed by atoms with Crippen molar-refractivity contribution in [2.75, 3.05) is 27.3 Å². The van der Waals surface area contributed by atoms with Crippen molar-refractivity contribution in [2.24, 2.45) is 10.7 Å². The van der Waals surface area contributed by atoms with Crippen molar-refractivity contribution in [1.29, 1.82) is 0 Å². The van der Waals surface area contributed by atoms with Crippen molar-refractivity contribution in [3.8, 4) is 11.5 Å². The summed E-state index contributed by atoms with van der Waals surface area (Å²) in [6.45, 7) is 2.51. The average molecular weight is 405 g/mol. The van der Waals surface area contributed by atoms with Crippen molar-refractivity contribution in [1.82, 2.24) is 4.90 Å². The van der Waals surface area contributed by atoms with Crippen molar-refractivity contribution >= 4 is 29.9 Å². The van der Waals surface area contributed by atoms with Crippen LogP contribution in [0.15, 0.2) is 23.2 Å². The van der Waals surface area contributed by atoms with E-state index in [2.05, 4.69) is 9.89 Å². The first kappa shape index (κ1) is 17.9. The molecule has 0 bridgehead atoms. The number of halogens is 1. The Morgan fingerprint density at radius 3 is 2.52 bits per heavy atom. The Kier molecular flexibility index (Phi) is 7.63. The van der Waals surface area contributed by atoms with Crippen LogP contribution in [0.4, 0.5) is 0 Å². The molecule has 1 saturated heterocycles. The van der Waals surface area contributed by atoms with E-state index in [0.29, 0.717) is 12.5 Å². The summed E-state index contributed by atoms with van der Waals surface area (Å²) < 4.78 is 10.7. The molecule has 1 aromatic rings. The van der Waals surface area contributed by atoms with E-state index in [1.165, 1.54) is 19.3 Å². The molecule has 0 spiro atoms. The fourth-order valence-corrected chi connectivity index (χ4v) is 2.47. The zero-order valence-corrected chi connectivity index (χ0v) is 15.0. The van der Waals surface area contributed by atoms with Gasteiger partial charge in [-0.2, -0.15) is 0 Å². The van der Waals surface area contributed by atoms with E-state index >= 15 is 0 Å². The van der Waals surface area contributed by atoms with E-state index < -0.39 is 0 Å². The van der Waals surface area contributed by atoms with E-state index in [1.807, 2.05) is 18.2 Å². The van der Waals surface area contributed by atoms with Gasteiger partial charge in [0.2, 0.25) is 0 Å². The Labute approximate surface area is 143 Å². The highest BCUT2D eigenvalue weighted by molar-refractivity contribution is 14.0. The number of hydrogen-bond donors (Lipinski definition) is 1. The fourth-order valence-electron chi connectivity index (χ4n) is 2.47. The second kappa shape index (κ2) is 8.96. The number of ether oxygens (including phenoxy) is 2. The second-order valence-corrected chi connectivity index (χ2v) is 4.87. The predicted octanol–water partition coefficient (Wildman–Crippen LogP) is 2.62. The highest BCUT2D eigenvalue weighted by atomic mass is 127. The maximum Gasteiger partial charge on any atom is 0.191 e. The van der Waals surface area contributed by atoms with Crippen LogP contribution in [0.2, 0.25) is 0 Å². The Hall–Kier alpha value is -1.18. The smallest absolute Gasteiger partial charge is 0.191 e. The zero-order valence-electron chi connectivity index (χ0n) is 12.7. The molecule has 0 radical (unpaired) electrons. The lowest BCUT2D eigenvalue weighted by Crippen LogP contribution is -2.40. The Morgan fingerprint density at radius 1 is 1.19 bits per heavy atom. The van der Waals surface area contributed by atoms with Gasteiger partial charge in [0.15, 0.2) is 17.5 Å². The van der Waals surface area contributed by atoms with E-state index in [-0.39, 0.29) is 24.0 Å². The van der Waals surface area contributed by atoms with E-state index in [4.69, 9.17) is 15.2 Å². The van der Waals surface area contributed by atoms with Gasteiger partial charge in [-0.15, -0.1) is 24.0 Å². The topological polar surface area (TPSA) is 60.1 Å². The van der Waals surface area contributed by atoms with Crippen molar-refractivity contribution < 1.29 is 9.47 Å². The van der Waals surface area contributed by atoms with Gasteiger partial charge in [0.05, 0.1) is 20.8 Å². The molecule has 6 heteroatoms. The van der Waals surface area contributed by atoms with Gasteiger partial charge in [-0.1, -0.05) is 12.1 Å². The van der Waals surface area contributed by atoms with Crippen molar-refractivity contribution in [2.45, 2.75) is 25.8 Å². The quantitative estimate of drug-likeness (QED) is 0.476. The number of guanidine groups is 1. The molecule has 0 unspecified atom stereocenters. The molecular formula is C15H24IN3O2. The van der Waals surface area contributed by atoms with Crippen LogP contribution in [-0.4, -0.2) is 38.2 Å². The molecule has 1 heterocycles. The zero-order chi connectivity index (χ0) is 14.4. The summed E-state index contributed by atoms with van der Waals surface area (Å²) in [6.07, 6.45) is 3.67. The molecule has 0 amide bonds. The summed E-state index contributed by atoms with van der Waals surface area (Å²) in [7, 11) is 3.27. The first-order valence-electron chi connectivity index (χ1n) is 7.01. The average Bonchev–Trinajstić information content (AvgIpc) is 2.52. The van der Waals surface area contributed by atoms with Gasteiger partial charge < -0.3 is 20.1 Å². The van der Waals surface area contributed by atoms with Crippen LogP contribution in [0.1, 0.15) is 24.8 Å². The van der Waals surface area contributed by atoms with Crippen LogP contribution >= 0.6 is 24.0 Å². The minimum Gasteiger partial charge on any atom is -0.493 e. The molecule has 2 N–H and O–H groups in total. The third-order valence-electron chi connectivity index (χ3n) is 3.58. The van der Waals surface area contributed by atoms with E-state index in [9.17, 15) is 0 Å².